The molecular formula is C17H18ClNO. The second-order valence-electron chi connectivity index (χ2n) is 4.79. The molecule has 0 aliphatic carbocycles. The molecule has 0 saturated carbocycles. The first-order valence-electron chi connectivity index (χ1n) is 6.67. The van der Waals surface area contributed by atoms with E-state index in [2.05, 4.69) is 5.32 Å². The third-order valence-electron chi connectivity index (χ3n) is 3.25. The maximum absolute atomic E-state index is 11.9. The fourth-order valence-corrected chi connectivity index (χ4v) is 2.25. The quantitative estimate of drug-likeness (QED) is 0.836. The molecule has 2 aromatic carbocycles. The molecule has 0 aliphatic rings. The van der Waals surface area contributed by atoms with Gasteiger partial charge in [0.05, 0.1) is 11.8 Å². The molecule has 2 nitrogen and oxygen atoms in total. The fourth-order valence-electron chi connectivity index (χ4n) is 2.03. The monoisotopic (exact) mass is 287 g/mol. The Labute approximate surface area is 124 Å². The minimum Gasteiger partial charge on any atom is -0.354 e. The van der Waals surface area contributed by atoms with Crippen LogP contribution in [-0.4, -0.2) is 12.5 Å². The fraction of sp³-hybridized carbons (Fsp3) is 0.235. The van der Waals surface area contributed by atoms with Crippen molar-refractivity contribution in [3.05, 3.63) is 71.3 Å². The Balaban J connectivity index is 1.85. The largest absolute Gasteiger partial charge is 0.354 e. The number of rotatable bonds is 5. The Morgan fingerprint density at radius 1 is 1.10 bits per heavy atom. The number of benzene rings is 2. The van der Waals surface area contributed by atoms with Crippen molar-refractivity contribution in [1.29, 1.82) is 0 Å². The van der Waals surface area contributed by atoms with Crippen LogP contribution in [0.3, 0.4) is 0 Å². The maximum atomic E-state index is 11.9. The average molecular weight is 288 g/mol. The summed E-state index contributed by atoms with van der Waals surface area (Å²) in [6, 6.07) is 17.7. The van der Waals surface area contributed by atoms with Crippen molar-refractivity contribution in [1.82, 2.24) is 5.32 Å². The van der Waals surface area contributed by atoms with E-state index in [9.17, 15) is 4.79 Å². The number of amides is 1. The van der Waals surface area contributed by atoms with Crippen LogP contribution >= 0.6 is 11.6 Å². The van der Waals surface area contributed by atoms with E-state index < -0.39 is 0 Å². The third kappa shape index (κ3) is 4.10. The lowest BCUT2D eigenvalue weighted by molar-refractivity contribution is -0.120. The number of aryl methyl sites for hydroxylation is 1. The lowest BCUT2D eigenvalue weighted by atomic mass is 10.1. The molecule has 0 saturated heterocycles. The molecule has 0 aromatic heterocycles. The molecule has 0 spiro atoms. The van der Waals surface area contributed by atoms with E-state index >= 15 is 0 Å². The van der Waals surface area contributed by atoms with Crippen LogP contribution in [0.5, 0.6) is 0 Å². The molecule has 2 aromatic rings. The Morgan fingerprint density at radius 2 is 1.75 bits per heavy atom. The summed E-state index contributed by atoms with van der Waals surface area (Å²) in [5, 5.41) is 2.69. The summed E-state index contributed by atoms with van der Waals surface area (Å²) < 4.78 is 0. The van der Waals surface area contributed by atoms with Crippen LogP contribution in [0.25, 0.3) is 0 Å². The topological polar surface area (TPSA) is 29.1 Å². The molecule has 104 valence electrons. The molecule has 0 radical (unpaired) electrons. The molecule has 2 rings (SSSR count). The van der Waals surface area contributed by atoms with Crippen LogP contribution in [0, 0.1) is 6.92 Å². The SMILES string of the molecule is Cc1ccccc1CC(=O)NCC(Cl)c1ccccc1. The first-order chi connectivity index (χ1) is 9.66. The molecule has 1 unspecified atom stereocenters. The molecule has 0 fully saturated rings. The first kappa shape index (κ1) is 14.6. The van der Waals surface area contributed by atoms with Gasteiger partial charge in [-0.05, 0) is 23.6 Å². The van der Waals surface area contributed by atoms with Gasteiger partial charge in [0.25, 0.3) is 0 Å². The van der Waals surface area contributed by atoms with Crippen molar-refractivity contribution in [2.24, 2.45) is 0 Å². The van der Waals surface area contributed by atoms with Gasteiger partial charge in [0.1, 0.15) is 0 Å². The summed E-state index contributed by atoms with van der Waals surface area (Å²) in [7, 11) is 0. The van der Waals surface area contributed by atoms with Gasteiger partial charge in [-0.3, -0.25) is 4.79 Å². The van der Waals surface area contributed by atoms with E-state index in [1.54, 1.807) is 0 Å². The number of hydrogen-bond donors (Lipinski definition) is 1. The normalized spacial score (nSPS) is 11.9. The molecule has 20 heavy (non-hydrogen) atoms. The van der Waals surface area contributed by atoms with Gasteiger partial charge in [0.15, 0.2) is 0 Å². The molecular weight excluding hydrogens is 270 g/mol. The van der Waals surface area contributed by atoms with E-state index in [0.717, 1.165) is 16.7 Å². The van der Waals surface area contributed by atoms with Gasteiger partial charge in [-0.15, -0.1) is 11.6 Å². The van der Waals surface area contributed by atoms with E-state index in [-0.39, 0.29) is 11.3 Å². The van der Waals surface area contributed by atoms with Gasteiger partial charge >= 0.3 is 0 Å². The highest BCUT2D eigenvalue weighted by Gasteiger charge is 2.10. The Bertz CT molecular complexity index is 568. The van der Waals surface area contributed by atoms with Crippen molar-refractivity contribution < 1.29 is 4.79 Å². The van der Waals surface area contributed by atoms with Crippen molar-refractivity contribution in [3.63, 3.8) is 0 Å². The standard InChI is InChI=1S/C17H18ClNO/c1-13-7-5-6-10-15(13)11-17(20)19-12-16(18)14-8-3-2-4-9-14/h2-10,16H,11-12H2,1H3,(H,19,20). The molecule has 0 aliphatic heterocycles. The first-order valence-corrected chi connectivity index (χ1v) is 7.10. The predicted octanol–water partition coefficient (Wildman–Crippen LogP) is 3.63. The molecule has 0 heterocycles. The zero-order valence-electron chi connectivity index (χ0n) is 11.5. The molecule has 1 N–H and O–H groups in total. The zero-order valence-corrected chi connectivity index (χ0v) is 12.2. The van der Waals surface area contributed by atoms with Gasteiger partial charge in [0, 0.05) is 6.54 Å². The van der Waals surface area contributed by atoms with Crippen LogP contribution < -0.4 is 5.32 Å². The maximum Gasteiger partial charge on any atom is 0.224 e. The molecule has 0 bridgehead atoms. The second-order valence-corrected chi connectivity index (χ2v) is 5.31. The summed E-state index contributed by atoms with van der Waals surface area (Å²) >= 11 is 6.27. The van der Waals surface area contributed by atoms with Crippen molar-refractivity contribution in [2.45, 2.75) is 18.7 Å². The smallest absolute Gasteiger partial charge is 0.224 e. The van der Waals surface area contributed by atoms with Crippen LogP contribution in [0.2, 0.25) is 0 Å². The lowest BCUT2D eigenvalue weighted by Gasteiger charge is -2.12. The van der Waals surface area contributed by atoms with E-state index in [0.29, 0.717) is 13.0 Å². The van der Waals surface area contributed by atoms with Gasteiger partial charge in [-0.25, -0.2) is 0 Å². The molecule has 1 atom stereocenters. The van der Waals surface area contributed by atoms with E-state index in [4.69, 9.17) is 11.6 Å². The molecule has 3 heteroatoms. The van der Waals surface area contributed by atoms with E-state index in [1.807, 2.05) is 61.5 Å². The number of carbonyl (C=O) groups is 1. The predicted molar refractivity (Wildman–Crippen MR) is 82.9 cm³/mol. The van der Waals surface area contributed by atoms with Crippen LogP contribution in [0.4, 0.5) is 0 Å². The Kier molecular flexibility index (Phi) is 5.19. The highest BCUT2D eigenvalue weighted by Crippen LogP contribution is 2.18. The number of alkyl halides is 1. The average Bonchev–Trinajstić information content (AvgIpc) is 2.48. The Morgan fingerprint density at radius 3 is 2.45 bits per heavy atom. The number of carbonyl (C=O) groups excluding carboxylic acids is 1. The summed E-state index contributed by atoms with van der Waals surface area (Å²) in [5.74, 6) is 0.000816. The van der Waals surface area contributed by atoms with Crippen LogP contribution in [-0.2, 0) is 11.2 Å². The minimum absolute atomic E-state index is 0.000816. The van der Waals surface area contributed by atoms with Crippen LogP contribution in [0.1, 0.15) is 22.1 Å². The van der Waals surface area contributed by atoms with Gasteiger partial charge < -0.3 is 5.32 Å². The minimum atomic E-state index is -0.197. The van der Waals surface area contributed by atoms with E-state index in [1.165, 1.54) is 0 Å². The van der Waals surface area contributed by atoms with Crippen molar-refractivity contribution in [3.8, 4) is 0 Å². The summed E-state index contributed by atoms with van der Waals surface area (Å²) in [4.78, 5) is 11.9. The summed E-state index contributed by atoms with van der Waals surface area (Å²) in [6.07, 6.45) is 0.394. The zero-order chi connectivity index (χ0) is 14.4. The van der Waals surface area contributed by atoms with Gasteiger partial charge in [-0.1, -0.05) is 54.6 Å². The van der Waals surface area contributed by atoms with Gasteiger partial charge in [0.2, 0.25) is 5.91 Å². The highest BCUT2D eigenvalue weighted by molar-refractivity contribution is 6.21. The number of hydrogen-bond acceptors (Lipinski definition) is 1. The summed E-state index contributed by atoms with van der Waals surface area (Å²) in [6.45, 7) is 2.45. The Hall–Kier alpha value is -1.80. The third-order valence-corrected chi connectivity index (χ3v) is 3.66. The lowest BCUT2D eigenvalue weighted by Crippen LogP contribution is -2.28. The highest BCUT2D eigenvalue weighted by atomic mass is 35.5. The number of nitrogens with one attached hydrogen (secondary N) is 1. The van der Waals surface area contributed by atoms with Crippen molar-refractivity contribution >= 4 is 17.5 Å². The number of halogens is 1. The second kappa shape index (κ2) is 7.11. The van der Waals surface area contributed by atoms with Gasteiger partial charge in [-0.2, -0.15) is 0 Å². The van der Waals surface area contributed by atoms with Crippen molar-refractivity contribution in [2.75, 3.05) is 6.54 Å². The molecule has 1 amide bonds. The summed E-state index contributed by atoms with van der Waals surface area (Å²) in [5.41, 5.74) is 3.20. The van der Waals surface area contributed by atoms with Crippen LogP contribution in [0.15, 0.2) is 54.6 Å².